The zero-order chi connectivity index (χ0) is 12.3. The number of aryl methyl sites for hydroxylation is 1. The molecular formula is C12H17ClO2S. The summed E-state index contributed by atoms with van der Waals surface area (Å²) in [7, 11) is 1.64. The van der Waals surface area contributed by atoms with Crippen molar-refractivity contribution in [3.8, 4) is 5.75 Å². The van der Waals surface area contributed by atoms with Gasteiger partial charge in [-0.3, -0.25) is 0 Å². The fraction of sp³-hybridized carbons (Fsp3) is 0.500. The zero-order valence-corrected chi connectivity index (χ0v) is 11.6. The summed E-state index contributed by atoms with van der Waals surface area (Å²) in [4.78, 5) is 0.956. The Morgan fingerprint density at radius 3 is 2.56 bits per heavy atom. The second-order valence-corrected chi connectivity index (χ2v) is 6.43. The first-order valence-electron chi connectivity index (χ1n) is 5.03. The molecule has 0 amide bonds. The maximum absolute atomic E-state index is 9.25. The number of hydrogen-bond acceptors (Lipinski definition) is 3. The molecule has 90 valence electrons. The summed E-state index contributed by atoms with van der Waals surface area (Å²) in [5, 5.41) is 9.97. The number of benzene rings is 1. The van der Waals surface area contributed by atoms with Crippen molar-refractivity contribution < 1.29 is 9.84 Å². The smallest absolute Gasteiger partial charge is 0.132 e. The van der Waals surface area contributed by atoms with Gasteiger partial charge >= 0.3 is 0 Å². The van der Waals surface area contributed by atoms with Crippen molar-refractivity contribution in [2.75, 3.05) is 13.7 Å². The van der Waals surface area contributed by atoms with Gasteiger partial charge in [-0.1, -0.05) is 11.6 Å². The van der Waals surface area contributed by atoms with Crippen molar-refractivity contribution in [2.24, 2.45) is 0 Å². The monoisotopic (exact) mass is 260 g/mol. The molecule has 0 atom stereocenters. The minimum Gasteiger partial charge on any atom is -0.496 e. The molecule has 0 bridgehead atoms. The summed E-state index contributed by atoms with van der Waals surface area (Å²) in [6.45, 7) is 6.00. The lowest BCUT2D eigenvalue weighted by atomic mass is 10.2. The van der Waals surface area contributed by atoms with Crippen LogP contribution in [-0.2, 0) is 0 Å². The number of aliphatic hydroxyl groups excluding tert-OH is 1. The Morgan fingerprint density at radius 2 is 2.06 bits per heavy atom. The first kappa shape index (κ1) is 13.7. The van der Waals surface area contributed by atoms with E-state index in [0.29, 0.717) is 0 Å². The Kier molecular flexibility index (Phi) is 4.53. The predicted molar refractivity (Wildman–Crippen MR) is 69.8 cm³/mol. The van der Waals surface area contributed by atoms with Gasteiger partial charge in [0.15, 0.2) is 0 Å². The highest BCUT2D eigenvalue weighted by atomic mass is 35.5. The highest BCUT2D eigenvalue weighted by Crippen LogP contribution is 2.40. The molecule has 0 aliphatic heterocycles. The van der Waals surface area contributed by atoms with Crippen LogP contribution < -0.4 is 4.74 Å². The van der Waals surface area contributed by atoms with Crippen molar-refractivity contribution in [1.29, 1.82) is 0 Å². The highest BCUT2D eigenvalue weighted by molar-refractivity contribution is 8.00. The van der Waals surface area contributed by atoms with E-state index in [0.717, 1.165) is 21.2 Å². The van der Waals surface area contributed by atoms with Gasteiger partial charge in [0.05, 0.1) is 18.6 Å². The van der Waals surface area contributed by atoms with Crippen LogP contribution in [0.3, 0.4) is 0 Å². The zero-order valence-electron chi connectivity index (χ0n) is 10.0. The third-order valence-corrected chi connectivity index (χ3v) is 3.84. The van der Waals surface area contributed by atoms with E-state index in [1.54, 1.807) is 18.9 Å². The average molecular weight is 261 g/mol. The molecule has 1 aromatic carbocycles. The average Bonchev–Trinajstić information content (AvgIpc) is 2.22. The molecule has 16 heavy (non-hydrogen) atoms. The molecule has 1 aromatic rings. The van der Waals surface area contributed by atoms with Gasteiger partial charge in [-0.25, -0.2) is 0 Å². The van der Waals surface area contributed by atoms with E-state index >= 15 is 0 Å². The Balaban J connectivity index is 3.08. The molecule has 0 radical (unpaired) electrons. The summed E-state index contributed by atoms with van der Waals surface area (Å²) in [6.07, 6.45) is 0. The summed E-state index contributed by atoms with van der Waals surface area (Å²) in [5.74, 6) is 0.799. The molecule has 0 aliphatic carbocycles. The van der Waals surface area contributed by atoms with Gasteiger partial charge in [-0.15, -0.1) is 11.8 Å². The molecule has 0 aromatic heterocycles. The van der Waals surface area contributed by atoms with Gasteiger partial charge in [0.1, 0.15) is 5.75 Å². The van der Waals surface area contributed by atoms with Crippen LogP contribution in [-0.4, -0.2) is 23.6 Å². The summed E-state index contributed by atoms with van der Waals surface area (Å²) in [5.41, 5.74) is 0.990. The lowest BCUT2D eigenvalue weighted by Crippen LogP contribution is -2.19. The van der Waals surface area contributed by atoms with Crippen molar-refractivity contribution in [3.63, 3.8) is 0 Å². The van der Waals surface area contributed by atoms with Gasteiger partial charge in [0.25, 0.3) is 0 Å². The molecule has 0 saturated carbocycles. The van der Waals surface area contributed by atoms with E-state index in [1.807, 2.05) is 32.9 Å². The Labute approximate surface area is 106 Å². The second-order valence-electron chi connectivity index (χ2n) is 4.27. The van der Waals surface area contributed by atoms with Crippen LogP contribution in [0.1, 0.15) is 19.4 Å². The molecule has 4 heteroatoms. The van der Waals surface area contributed by atoms with Gasteiger partial charge in [-0.05, 0) is 38.5 Å². The molecule has 1 rings (SSSR count). The van der Waals surface area contributed by atoms with Crippen LogP contribution in [0.15, 0.2) is 17.0 Å². The van der Waals surface area contributed by atoms with Crippen molar-refractivity contribution in [1.82, 2.24) is 0 Å². The number of hydrogen-bond donors (Lipinski definition) is 1. The van der Waals surface area contributed by atoms with Crippen LogP contribution in [0.4, 0.5) is 0 Å². The third kappa shape index (κ3) is 3.30. The SMILES string of the molecule is COc1cc(C)c(Cl)cc1SC(C)(C)CO. The Hall–Kier alpha value is -0.380. The quantitative estimate of drug-likeness (QED) is 0.840. The van der Waals surface area contributed by atoms with Gasteiger partial charge in [-0.2, -0.15) is 0 Å². The molecule has 0 aliphatic rings. The normalized spacial score (nSPS) is 11.6. The third-order valence-electron chi connectivity index (χ3n) is 2.21. The first-order valence-corrected chi connectivity index (χ1v) is 6.23. The van der Waals surface area contributed by atoms with Crippen LogP contribution >= 0.6 is 23.4 Å². The largest absolute Gasteiger partial charge is 0.496 e. The first-order chi connectivity index (χ1) is 7.39. The number of ether oxygens (including phenoxy) is 1. The molecule has 2 nitrogen and oxygen atoms in total. The van der Waals surface area contributed by atoms with Crippen LogP contribution in [0.5, 0.6) is 5.75 Å². The Bertz CT molecular complexity index is 378. The minimum atomic E-state index is -0.244. The van der Waals surface area contributed by atoms with Crippen LogP contribution in [0.25, 0.3) is 0 Å². The molecule has 1 N–H and O–H groups in total. The van der Waals surface area contributed by atoms with E-state index in [4.69, 9.17) is 16.3 Å². The van der Waals surface area contributed by atoms with Crippen LogP contribution in [0, 0.1) is 6.92 Å². The summed E-state index contributed by atoms with van der Waals surface area (Å²) >= 11 is 7.64. The topological polar surface area (TPSA) is 29.5 Å². The van der Waals surface area contributed by atoms with Gasteiger partial charge in [0.2, 0.25) is 0 Å². The molecular weight excluding hydrogens is 244 g/mol. The highest BCUT2D eigenvalue weighted by Gasteiger charge is 2.21. The van der Waals surface area contributed by atoms with E-state index in [9.17, 15) is 5.11 Å². The predicted octanol–water partition coefficient (Wildman–Crippen LogP) is 3.52. The summed E-state index contributed by atoms with van der Waals surface area (Å²) in [6, 6.07) is 3.80. The Morgan fingerprint density at radius 1 is 1.44 bits per heavy atom. The number of thioether (sulfide) groups is 1. The number of aliphatic hydroxyl groups is 1. The minimum absolute atomic E-state index is 0.103. The second kappa shape index (κ2) is 5.30. The molecule has 0 fully saturated rings. The maximum Gasteiger partial charge on any atom is 0.132 e. The van der Waals surface area contributed by atoms with E-state index < -0.39 is 0 Å². The maximum atomic E-state index is 9.25. The molecule has 0 unspecified atom stereocenters. The van der Waals surface area contributed by atoms with Crippen molar-refractivity contribution in [3.05, 3.63) is 22.7 Å². The summed E-state index contributed by atoms with van der Waals surface area (Å²) < 4.78 is 5.07. The van der Waals surface area contributed by atoms with Crippen LogP contribution in [0.2, 0.25) is 5.02 Å². The van der Waals surface area contributed by atoms with E-state index in [-0.39, 0.29) is 11.4 Å². The van der Waals surface area contributed by atoms with E-state index in [2.05, 4.69) is 0 Å². The fourth-order valence-electron chi connectivity index (χ4n) is 1.21. The van der Waals surface area contributed by atoms with Gasteiger partial charge in [0, 0.05) is 9.77 Å². The van der Waals surface area contributed by atoms with Crippen molar-refractivity contribution >= 4 is 23.4 Å². The number of methoxy groups -OCH3 is 1. The molecule has 0 heterocycles. The van der Waals surface area contributed by atoms with E-state index in [1.165, 1.54) is 0 Å². The fourth-order valence-corrected chi connectivity index (χ4v) is 2.51. The lowest BCUT2D eigenvalue weighted by molar-refractivity contribution is 0.265. The number of rotatable bonds is 4. The molecule has 0 saturated heterocycles. The molecule has 0 spiro atoms. The van der Waals surface area contributed by atoms with Crippen molar-refractivity contribution in [2.45, 2.75) is 30.4 Å². The lowest BCUT2D eigenvalue weighted by Gasteiger charge is -2.22. The standard InChI is InChI=1S/C12H17ClO2S/c1-8-5-10(15-4)11(6-9(8)13)16-12(2,3)7-14/h5-6,14H,7H2,1-4H3. The number of halogens is 1. The van der Waals surface area contributed by atoms with Gasteiger partial charge < -0.3 is 9.84 Å².